The van der Waals surface area contributed by atoms with Crippen LogP contribution in [0.4, 0.5) is 0 Å². The number of nitrogens with one attached hydrogen (secondary N) is 1. The summed E-state index contributed by atoms with van der Waals surface area (Å²) in [5, 5.41) is 0. The van der Waals surface area contributed by atoms with E-state index in [0.29, 0.717) is 0 Å². The molecule has 1 aromatic rings. The molecular weight excluding hydrogens is 150 g/mol. The first-order valence-corrected chi connectivity index (χ1v) is 3.78. The van der Waals surface area contributed by atoms with E-state index >= 15 is 0 Å². The standard InChI is InChI=1S/C5H5NS.CH4S/c7-5-3-1-2-4-6-5;1-2/h1-4H,(H,6,7);2H,1H3. The Hall–Kier alpha value is -0.280. The molecule has 1 rings (SSSR count). The van der Waals surface area contributed by atoms with Gasteiger partial charge in [0.05, 0.1) is 0 Å². The minimum Gasteiger partial charge on any atom is -0.353 e. The van der Waals surface area contributed by atoms with Gasteiger partial charge in [0.25, 0.3) is 0 Å². The molecule has 0 saturated heterocycles. The second-order valence-corrected chi connectivity index (χ2v) is 1.67. The number of aromatic amines is 1. The van der Waals surface area contributed by atoms with Crippen molar-refractivity contribution in [2.75, 3.05) is 6.26 Å². The summed E-state index contributed by atoms with van der Waals surface area (Å²) >= 11 is 8.28. The van der Waals surface area contributed by atoms with Gasteiger partial charge >= 0.3 is 0 Å². The summed E-state index contributed by atoms with van der Waals surface area (Å²) < 4.78 is 0.780. The average molecular weight is 159 g/mol. The molecule has 0 aliphatic heterocycles. The van der Waals surface area contributed by atoms with Gasteiger partial charge in [-0.1, -0.05) is 18.3 Å². The number of hydrogen-bond acceptors (Lipinski definition) is 2. The van der Waals surface area contributed by atoms with Crippen LogP contribution in [0.25, 0.3) is 0 Å². The molecule has 0 spiro atoms. The maximum absolute atomic E-state index is 4.76. The van der Waals surface area contributed by atoms with Crippen LogP contribution >= 0.6 is 24.8 Å². The number of thiol groups is 1. The highest BCUT2D eigenvalue weighted by atomic mass is 32.1. The van der Waals surface area contributed by atoms with E-state index in [1.807, 2.05) is 24.4 Å². The molecule has 0 amide bonds. The number of hydrogen-bond donors (Lipinski definition) is 2. The quantitative estimate of drug-likeness (QED) is 0.438. The molecule has 0 aliphatic carbocycles. The van der Waals surface area contributed by atoms with E-state index < -0.39 is 0 Å². The predicted octanol–water partition coefficient (Wildman–Crippen LogP) is 2.29. The van der Waals surface area contributed by atoms with Crippen LogP contribution < -0.4 is 0 Å². The molecule has 0 aromatic carbocycles. The lowest BCUT2D eigenvalue weighted by molar-refractivity contribution is 1.30. The molecule has 1 heterocycles. The van der Waals surface area contributed by atoms with E-state index in [0.717, 1.165) is 4.64 Å². The molecule has 3 heteroatoms. The number of H-pyrrole nitrogens is 1. The lowest BCUT2D eigenvalue weighted by Crippen LogP contribution is -1.64. The van der Waals surface area contributed by atoms with Gasteiger partial charge in [-0.25, -0.2) is 0 Å². The Balaban J connectivity index is 0.000000291. The second kappa shape index (κ2) is 5.85. The number of aromatic nitrogens is 1. The first kappa shape index (κ1) is 8.72. The highest BCUT2D eigenvalue weighted by molar-refractivity contribution is 7.79. The number of pyridine rings is 1. The van der Waals surface area contributed by atoms with Crippen LogP contribution in [0.15, 0.2) is 24.4 Å². The van der Waals surface area contributed by atoms with Crippen molar-refractivity contribution in [2.24, 2.45) is 0 Å². The van der Waals surface area contributed by atoms with Gasteiger partial charge in [-0.2, -0.15) is 12.6 Å². The molecule has 0 bridgehead atoms. The second-order valence-electron chi connectivity index (χ2n) is 1.23. The van der Waals surface area contributed by atoms with Crippen molar-refractivity contribution in [1.82, 2.24) is 4.98 Å². The van der Waals surface area contributed by atoms with E-state index in [-0.39, 0.29) is 0 Å². The first-order chi connectivity index (χ1) is 4.39. The highest BCUT2D eigenvalue weighted by Crippen LogP contribution is 1.80. The fraction of sp³-hybridized carbons (Fsp3) is 0.167. The van der Waals surface area contributed by atoms with Gasteiger partial charge in [-0.15, -0.1) is 0 Å². The third-order valence-corrected chi connectivity index (χ3v) is 0.934. The Morgan fingerprint density at radius 1 is 1.44 bits per heavy atom. The lowest BCUT2D eigenvalue weighted by Gasteiger charge is -1.76. The zero-order chi connectivity index (χ0) is 7.11. The summed E-state index contributed by atoms with van der Waals surface area (Å²) in [5.41, 5.74) is 0. The third-order valence-electron chi connectivity index (χ3n) is 0.681. The van der Waals surface area contributed by atoms with E-state index in [1.54, 1.807) is 6.26 Å². The third kappa shape index (κ3) is 4.24. The maximum Gasteiger partial charge on any atom is 0.103 e. The van der Waals surface area contributed by atoms with Gasteiger partial charge in [-0.3, -0.25) is 0 Å². The first-order valence-electron chi connectivity index (χ1n) is 2.48. The predicted molar refractivity (Wildman–Crippen MR) is 46.5 cm³/mol. The topological polar surface area (TPSA) is 15.8 Å². The molecular formula is C6H9NS2. The Bertz CT molecular complexity index is 177. The van der Waals surface area contributed by atoms with Crippen molar-refractivity contribution in [1.29, 1.82) is 0 Å². The van der Waals surface area contributed by atoms with Crippen molar-refractivity contribution in [2.45, 2.75) is 0 Å². The Kier molecular flexibility index (Phi) is 5.67. The molecule has 0 saturated carbocycles. The van der Waals surface area contributed by atoms with Gasteiger partial charge in [0.1, 0.15) is 4.64 Å². The normalized spacial score (nSPS) is 7.33. The molecule has 1 nitrogen and oxygen atoms in total. The van der Waals surface area contributed by atoms with Crippen LogP contribution in [0.2, 0.25) is 0 Å². The summed E-state index contributed by atoms with van der Waals surface area (Å²) in [5.74, 6) is 0. The van der Waals surface area contributed by atoms with Gasteiger partial charge in [0, 0.05) is 6.20 Å². The Morgan fingerprint density at radius 2 is 2.11 bits per heavy atom. The van der Waals surface area contributed by atoms with Crippen molar-refractivity contribution in [3.63, 3.8) is 0 Å². The van der Waals surface area contributed by atoms with E-state index in [1.165, 1.54) is 0 Å². The summed E-state index contributed by atoms with van der Waals surface area (Å²) in [6.45, 7) is 0. The fourth-order valence-corrected chi connectivity index (χ4v) is 0.523. The van der Waals surface area contributed by atoms with Crippen LogP contribution in [0, 0.1) is 4.64 Å². The molecule has 0 fully saturated rings. The van der Waals surface area contributed by atoms with Crippen molar-refractivity contribution >= 4 is 24.8 Å². The minimum absolute atomic E-state index is 0.780. The minimum atomic E-state index is 0.780. The van der Waals surface area contributed by atoms with Gasteiger partial charge < -0.3 is 4.98 Å². The molecule has 1 aromatic heterocycles. The van der Waals surface area contributed by atoms with Crippen LogP contribution in [-0.4, -0.2) is 11.2 Å². The molecule has 0 unspecified atom stereocenters. The summed E-state index contributed by atoms with van der Waals surface area (Å²) in [6.07, 6.45) is 3.50. The molecule has 50 valence electrons. The molecule has 9 heavy (non-hydrogen) atoms. The average Bonchev–Trinajstić information content (AvgIpc) is 1.94. The fourth-order valence-electron chi connectivity index (χ4n) is 0.377. The van der Waals surface area contributed by atoms with Gasteiger partial charge in [-0.05, 0) is 18.4 Å². The Morgan fingerprint density at radius 3 is 2.33 bits per heavy atom. The summed E-state index contributed by atoms with van der Waals surface area (Å²) in [6, 6.07) is 5.64. The highest BCUT2D eigenvalue weighted by Gasteiger charge is 1.65. The molecule has 0 atom stereocenters. The van der Waals surface area contributed by atoms with Crippen molar-refractivity contribution < 1.29 is 0 Å². The SMILES string of the molecule is CS.S=c1cccc[nH]1. The van der Waals surface area contributed by atoms with Crippen molar-refractivity contribution in [3.8, 4) is 0 Å². The number of rotatable bonds is 0. The zero-order valence-electron chi connectivity index (χ0n) is 5.16. The van der Waals surface area contributed by atoms with E-state index in [4.69, 9.17) is 12.2 Å². The van der Waals surface area contributed by atoms with Gasteiger partial charge in [0.2, 0.25) is 0 Å². The van der Waals surface area contributed by atoms with Crippen LogP contribution in [0.1, 0.15) is 0 Å². The molecule has 0 radical (unpaired) electrons. The van der Waals surface area contributed by atoms with Crippen LogP contribution in [0.5, 0.6) is 0 Å². The maximum atomic E-state index is 4.76. The Labute approximate surface area is 65.5 Å². The van der Waals surface area contributed by atoms with Gasteiger partial charge in [0.15, 0.2) is 0 Å². The lowest BCUT2D eigenvalue weighted by atomic mass is 10.5. The molecule has 0 aliphatic rings. The van der Waals surface area contributed by atoms with Crippen LogP contribution in [-0.2, 0) is 0 Å². The molecule has 1 N–H and O–H groups in total. The summed E-state index contributed by atoms with van der Waals surface area (Å²) in [7, 11) is 0. The smallest absolute Gasteiger partial charge is 0.103 e. The van der Waals surface area contributed by atoms with Crippen LogP contribution in [0.3, 0.4) is 0 Å². The largest absolute Gasteiger partial charge is 0.353 e. The van der Waals surface area contributed by atoms with E-state index in [2.05, 4.69) is 17.6 Å². The monoisotopic (exact) mass is 159 g/mol. The summed E-state index contributed by atoms with van der Waals surface area (Å²) in [4.78, 5) is 2.85. The van der Waals surface area contributed by atoms with Crippen molar-refractivity contribution in [3.05, 3.63) is 29.0 Å². The zero-order valence-corrected chi connectivity index (χ0v) is 6.88. The van der Waals surface area contributed by atoms with E-state index in [9.17, 15) is 0 Å².